The third-order valence-corrected chi connectivity index (χ3v) is 6.45. The molecule has 1 aromatic rings. The van der Waals surface area contributed by atoms with E-state index >= 15 is 0 Å². The minimum atomic E-state index is -1.45. The van der Waals surface area contributed by atoms with E-state index in [4.69, 9.17) is 18.9 Å². The summed E-state index contributed by atoms with van der Waals surface area (Å²) in [5, 5.41) is 21.9. The fourth-order valence-corrected chi connectivity index (χ4v) is 4.89. The molecule has 2 fully saturated rings. The molecule has 27 heavy (non-hydrogen) atoms. The molecular formula is C21H30O6. The summed E-state index contributed by atoms with van der Waals surface area (Å²) < 4.78 is 22.5. The predicted octanol–water partition coefficient (Wildman–Crippen LogP) is 2.83. The van der Waals surface area contributed by atoms with Crippen LogP contribution >= 0.6 is 0 Å². The van der Waals surface area contributed by atoms with Crippen LogP contribution in [0.15, 0.2) is 30.9 Å². The van der Waals surface area contributed by atoms with Gasteiger partial charge in [-0.15, -0.1) is 6.58 Å². The topological polar surface area (TPSA) is 77.4 Å². The molecule has 1 aliphatic carbocycles. The van der Waals surface area contributed by atoms with Crippen molar-refractivity contribution < 1.29 is 29.2 Å². The van der Waals surface area contributed by atoms with Crippen LogP contribution in [0, 0.1) is 11.3 Å². The number of methoxy groups -OCH3 is 3. The predicted molar refractivity (Wildman–Crippen MR) is 101 cm³/mol. The zero-order valence-electron chi connectivity index (χ0n) is 16.5. The Morgan fingerprint density at radius 3 is 2.52 bits per heavy atom. The Morgan fingerprint density at radius 2 is 1.93 bits per heavy atom. The molecular weight excluding hydrogens is 348 g/mol. The van der Waals surface area contributed by atoms with Crippen molar-refractivity contribution >= 4 is 0 Å². The lowest BCUT2D eigenvalue weighted by Gasteiger charge is -2.50. The van der Waals surface area contributed by atoms with Gasteiger partial charge in [0.15, 0.2) is 17.3 Å². The smallest absolute Gasteiger partial charge is 0.175 e. The number of ether oxygens (including phenoxy) is 4. The summed E-state index contributed by atoms with van der Waals surface area (Å²) >= 11 is 0. The monoisotopic (exact) mass is 378 g/mol. The molecule has 0 radical (unpaired) electrons. The van der Waals surface area contributed by atoms with Crippen molar-refractivity contribution in [1.82, 2.24) is 0 Å². The summed E-state index contributed by atoms with van der Waals surface area (Å²) in [5.41, 5.74) is 0.307. The Kier molecular flexibility index (Phi) is 5.54. The van der Waals surface area contributed by atoms with Gasteiger partial charge in [-0.2, -0.15) is 0 Å². The summed E-state index contributed by atoms with van der Waals surface area (Å²) in [6.45, 7) is 5.96. The molecule has 6 nitrogen and oxygen atoms in total. The van der Waals surface area contributed by atoms with E-state index in [0.29, 0.717) is 24.3 Å². The Labute approximate surface area is 160 Å². The summed E-state index contributed by atoms with van der Waals surface area (Å²) in [6.07, 6.45) is 1.51. The molecule has 0 bridgehead atoms. The van der Waals surface area contributed by atoms with E-state index in [1.54, 1.807) is 21.3 Å². The highest BCUT2D eigenvalue weighted by Crippen LogP contribution is 2.63. The van der Waals surface area contributed by atoms with E-state index in [2.05, 4.69) is 13.5 Å². The highest BCUT2D eigenvalue weighted by atomic mass is 16.6. The fraction of sp³-hybridized carbons (Fsp3) is 0.619. The molecule has 2 N–H and O–H groups in total. The molecule has 0 spiro atoms. The first-order valence-electron chi connectivity index (χ1n) is 9.29. The van der Waals surface area contributed by atoms with Gasteiger partial charge in [0.2, 0.25) is 0 Å². The molecule has 1 saturated carbocycles. The van der Waals surface area contributed by atoms with Crippen molar-refractivity contribution in [2.75, 3.05) is 21.3 Å². The molecule has 6 heteroatoms. The molecule has 0 unspecified atom stereocenters. The molecule has 6 atom stereocenters. The van der Waals surface area contributed by atoms with Gasteiger partial charge in [0, 0.05) is 18.9 Å². The lowest BCUT2D eigenvalue weighted by atomic mass is 9.59. The summed E-state index contributed by atoms with van der Waals surface area (Å²) in [5.74, 6) is -0.227. The molecule has 3 rings (SSSR count). The van der Waals surface area contributed by atoms with E-state index in [1.165, 1.54) is 0 Å². The Bertz CT molecular complexity index is 691. The zero-order valence-corrected chi connectivity index (χ0v) is 16.5. The summed E-state index contributed by atoms with van der Waals surface area (Å²) in [7, 11) is 4.77. The first-order chi connectivity index (χ1) is 12.9. The van der Waals surface area contributed by atoms with Crippen molar-refractivity contribution in [3.63, 3.8) is 0 Å². The van der Waals surface area contributed by atoms with E-state index < -0.39 is 17.3 Å². The molecule has 0 amide bonds. The minimum Gasteiger partial charge on any atom is -0.493 e. The number of hydrogen-bond donors (Lipinski definition) is 2. The minimum absolute atomic E-state index is 0.0243. The molecule has 1 saturated heterocycles. The van der Waals surface area contributed by atoms with Gasteiger partial charge >= 0.3 is 0 Å². The van der Waals surface area contributed by atoms with Gasteiger partial charge in [-0.25, -0.2) is 0 Å². The van der Waals surface area contributed by atoms with Crippen LogP contribution in [-0.4, -0.2) is 49.5 Å². The maximum absolute atomic E-state index is 11.5. The number of fused-ring (bicyclic) bond motifs is 1. The zero-order chi connectivity index (χ0) is 19.8. The Hall–Kier alpha value is -1.60. The standard InChI is InChI=1S/C21H30O6/c1-6-9-20-12-18(26-5)15(22)11-21(20,23)27-19(13(20)2)14-7-8-16(24-3)17(10-14)25-4/h6-8,10,13,15,18-19,22-23H,1,9,11-12H2,2-5H3/t13-,15+,18-,19-,20-,21+/m1/s1. The molecule has 1 aliphatic heterocycles. The van der Waals surface area contributed by atoms with Crippen LogP contribution in [-0.2, 0) is 9.47 Å². The Morgan fingerprint density at radius 1 is 1.22 bits per heavy atom. The van der Waals surface area contributed by atoms with Gasteiger partial charge < -0.3 is 29.2 Å². The number of rotatable bonds is 6. The van der Waals surface area contributed by atoms with Crippen molar-refractivity contribution in [3.05, 3.63) is 36.4 Å². The molecule has 2 aliphatic rings. The molecule has 150 valence electrons. The van der Waals surface area contributed by atoms with Crippen LogP contribution in [0.2, 0.25) is 0 Å². The summed E-state index contributed by atoms with van der Waals surface area (Å²) in [4.78, 5) is 0. The van der Waals surface area contributed by atoms with Crippen LogP contribution in [0.5, 0.6) is 11.5 Å². The van der Waals surface area contributed by atoms with Crippen LogP contribution < -0.4 is 9.47 Å². The average Bonchev–Trinajstić information content (AvgIpc) is 2.88. The maximum Gasteiger partial charge on any atom is 0.175 e. The number of aliphatic hydroxyl groups excluding tert-OH is 1. The first-order valence-corrected chi connectivity index (χ1v) is 9.29. The lowest BCUT2D eigenvalue weighted by molar-refractivity contribution is -0.287. The highest BCUT2D eigenvalue weighted by Gasteiger charge is 2.66. The third-order valence-electron chi connectivity index (χ3n) is 6.45. The number of allylic oxidation sites excluding steroid dienone is 1. The number of hydrogen-bond acceptors (Lipinski definition) is 6. The second-order valence-electron chi connectivity index (χ2n) is 7.62. The number of benzene rings is 1. The van der Waals surface area contributed by atoms with Crippen LogP contribution in [0.1, 0.15) is 37.9 Å². The van der Waals surface area contributed by atoms with Gasteiger partial charge in [0.25, 0.3) is 0 Å². The second-order valence-corrected chi connectivity index (χ2v) is 7.62. The van der Waals surface area contributed by atoms with Gasteiger partial charge in [0.1, 0.15) is 0 Å². The van der Waals surface area contributed by atoms with E-state index in [-0.39, 0.29) is 24.5 Å². The Balaban J connectivity index is 2.02. The van der Waals surface area contributed by atoms with Crippen LogP contribution in [0.4, 0.5) is 0 Å². The normalized spacial score (nSPS) is 38.3. The third kappa shape index (κ3) is 3.05. The largest absolute Gasteiger partial charge is 0.493 e. The van der Waals surface area contributed by atoms with Crippen molar-refractivity contribution in [2.45, 2.75) is 50.3 Å². The van der Waals surface area contributed by atoms with Gasteiger partial charge in [-0.05, 0) is 36.5 Å². The van der Waals surface area contributed by atoms with Crippen LogP contribution in [0.25, 0.3) is 0 Å². The SMILES string of the molecule is C=CC[C@]12C[C@@H](OC)[C@@H](O)C[C@]1(O)O[C@@H](c1ccc(OC)c(OC)c1)[C@H]2C. The second kappa shape index (κ2) is 7.43. The molecule has 1 heterocycles. The van der Waals surface area contributed by atoms with Crippen molar-refractivity contribution in [1.29, 1.82) is 0 Å². The maximum atomic E-state index is 11.5. The van der Waals surface area contributed by atoms with Crippen molar-refractivity contribution in [3.8, 4) is 11.5 Å². The van der Waals surface area contributed by atoms with E-state index in [1.807, 2.05) is 24.3 Å². The molecule has 0 aromatic heterocycles. The number of aliphatic hydroxyl groups is 2. The van der Waals surface area contributed by atoms with E-state index in [0.717, 1.165) is 5.56 Å². The fourth-order valence-electron chi connectivity index (χ4n) is 4.89. The average molecular weight is 378 g/mol. The first kappa shape index (κ1) is 20.1. The van der Waals surface area contributed by atoms with Gasteiger partial charge in [-0.1, -0.05) is 19.1 Å². The molecule has 1 aromatic carbocycles. The highest BCUT2D eigenvalue weighted by molar-refractivity contribution is 5.44. The van der Waals surface area contributed by atoms with Gasteiger partial charge in [0.05, 0.1) is 32.5 Å². The van der Waals surface area contributed by atoms with Gasteiger partial charge in [-0.3, -0.25) is 0 Å². The van der Waals surface area contributed by atoms with E-state index in [9.17, 15) is 10.2 Å². The van der Waals surface area contributed by atoms with Crippen LogP contribution in [0.3, 0.4) is 0 Å². The quantitative estimate of drug-likeness (QED) is 0.742. The lowest BCUT2D eigenvalue weighted by Crippen LogP contribution is -2.58. The van der Waals surface area contributed by atoms with Crippen molar-refractivity contribution in [2.24, 2.45) is 11.3 Å². The summed E-state index contributed by atoms with van der Waals surface area (Å²) in [6, 6.07) is 5.64.